The molecule has 0 aliphatic carbocycles. The topological polar surface area (TPSA) is 70.0 Å². The highest BCUT2D eigenvalue weighted by molar-refractivity contribution is 6.28. The Morgan fingerprint density at radius 1 is 1.18 bits per heavy atom. The second-order valence-corrected chi connectivity index (χ2v) is 3.40. The largest absolute Gasteiger partial charge is 0.467 e. The highest BCUT2D eigenvalue weighted by Gasteiger charge is 2.08. The van der Waals surface area contributed by atoms with E-state index in [2.05, 4.69) is 19.9 Å². The van der Waals surface area contributed by atoms with Crippen LogP contribution in [0.5, 0.6) is 17.8 Å². The van der Waals surface area contributed by atoms with Crippen molar-refractivity contribution in [1.82, 2.24) is 19.9 Å². The Hall–Kier alpha value is -1.95. The van der Waals surface area contributed by atoms with Gasteiger partial charge in [-0.2, -0.15) is 9.97 Å². The fourth-order valence-electron chi connectivity index (χ4n) is 1.13. The fourth-order valence-corrected chi connectivity index (χ4v) is 1.27. The van der Waals surface area contributed by atoms with Crippen LogP contribution < -0.4 is 9.47 Å². The Labute approximate surface area is 103 Å². The molecule has 88 valence electrons. The summed E-state index contributed by atoms with van der Waals surface area (Å²) in [6, 6.07) is 3.67. The lowest BCUT2D eigenvalue weighted by Crippen LogP contribution is -1.99. The molecule has 0 bridgehead atoms. The first kappa shape index (κ1) is 11.5. The van der Waals surface area contributed by atoms with Gasteiger partial charge in [-0.05, 0) is 30.7 Å². The second-order valence-electron chi connectivity index (χ2n) is 3.06. The van der Waals surface area contributed by atoms with Crippen LogP contribution in [0.3, 0.4) is 0 Å². The summed E-state index contributed by atoms with van der Waals surface area (Å²) in [6.07, 6.45) is 1.67. The maximum Gasteiger partial charge on any atom is 0.329 e. The maximum atomic E-state index is 5.70. The van der Waals surface area contributed by atoms with E-state index < -0.39 is 0 Å². The van der Waals surface area contributed by atoms with Crippen molar-refractivity contribution in [3.8, 4) is 17.8 Å². The highest BCUT2D eigenvalue weighted by atomic mass is 35.5. The SMILES string of the molecule is COc1nc(Cl)nc(Oc2cccnc2C)n1. The number of nitrogens with zero attached hydrogens (tertiary/aromatic N) is 4. The van der Waals surface area contributed by atoms with Crippen molar-refractivity contribution in [3.05, 3.63) is 29.3 Å². The lowest BCUT2D eigenvalue weighted by atomic mass is 10.3. The number of aromatic nitrogens is 4. The molecule has 0 radical (unpaired) electrons. The molecule has 2 aromatic heterocycles. The Balaban J connectivity index is 2.30. The number of rotatable bonds is 3. The van der Waals surface area contributed by atoms with E-state index in [1.807, 2.05) is 6.92 Å². The van der Waals surface area contributed by atoms with E-state index in [1.54, 1.807) is 18.3 Å². The van der Waals surface area contributed by atoms with Crippen LogP contribution >= 0.6 is 11.6 Å². The van der Waals surface area contributed by atoms with E-state index in [1.165, 1.54) is 7.11 Å². The van der Waals surface area contributed by atoms with E-state index >= 15 is 0 Å². The lowest BCUT2D eigenvalue weighted by Gasteiger charge is -2.06. The molecule has 0 atom stereocenters. The maximum absolute atomic E-state index is 5.70. The molecule has 7 heteroatoms. The van der Waals surface area contributed by atoms with Crippen LogP contribution in [-0.4, -0.2) is 27.0 Å². The Kier molecular flexibility index (Phi) is 3.34. The molecule has 0 amide bonds. The summed E-state index contributed by atoms with van der Waals surface area (Å²) in [5.41, 5.74) is 0.725. The first-order valence-electron chi connectivity index (χ1n) is 4.74. The van der Waals surface area contributed by atoms with Gasteiger partial charge in [-0.25, -0.2) is 0 Å². The van der Waals surface area contributed by atoms with E-state index in [0.29, 0.717) is 5.75 Å². The molecular formula is C10H9ClN4O2. The average molecular weight is 253 g/mol. The molecule has 0 aromatic carbocycles. The number of methoxy groups -OCH3 is 1. The van der Waals surface area contributed by atoms with Crippen LogP contribution in [0, 0.1) is 6.92 Å². The Bertz CT molecular complexity index is 535. The zero-order chi connectivity index (χ0) is 12.3. The number of pyridine rings is 1. The molecule has 17 heavy (non-hydrogen) atoms. The first-order chi connectivity index (χ1) is 8.19. The van der Waals surface area contributed by atoms with E-state index in [0.717, 1.165) is 5.69 Å². The predicted molar refractivity (Wildman–Crippen MR) is 60.4 cm³/mol. The number of hydrogen-bond acceptors (Lipinski definition) is 6. The van der Waals surface area contributed by atoms with Gasteiger partial charge in [0.25, 0.3) is 0 Å². The molecule has 0 saturated heterocycles. The summed E-state index contributed by atoms with van der Waals surface area (Å²) in [7, 11) is 1.44. The van der Waals surface area contributed by atoms with E-state index in [9.17, 15) is 0 Å². The van der Waals surface area contributed by atoms with Crippen LogP contribution in [0.1, 0.15) is 5.69 Å². The van der Waals surface area contributed by atoms with Crippen LogP contribution in [-0.2, 0) is 0 Å². The van der Waals surface area contributed by atoms with Gasteiger partial charge in [0.05, 0.1) is 12.8 Å². The highest BCUT2D eigenvalue weighted by Crippen LogP contribution is 2.22. The Morgan fingerprint density at radius 3 is 2.65 bits per heavy atom. The molecule has 2 heterocycles. The summed E-state index contributed by atoms with van der Waals surface area (Å²) < 4.78 is 10.3. The van der Waals surface area contributed by atoms with Gasteiger partial charge in [-0.15, -0.1) is 4.98 Å². The average Bonchev–Trinajstić information content (AvgIpc) is 2.31. The standard InChI is InChI=1S/C10H9ClN4O2/c1-6-7(4-3-5-12-6)17-10-14-8(11)13-9(15-10)16-2/h3-5H,1-2H3. The molecule has 0 N–H and O–H groups in total. The summed E-state index contributed by atoms with van der Waals surface area (Å²) in [6.45, 7) is 1.81. The number of hydrogen-bond donors (Lipinski definition) is 0. The fraction of sp³-hybridized carbons (Fsp3) is 0.200. The summed E-state index contributed by atoms with van der Waals surface area (Å²) >= 11 is 5.70. The quantitative estimate of drug-likeness (QED) is 0.832. The smallest absolute Gasteiger partial charge is 0.329 e. The minimum Gasteiger partial charge on any atom is -0.467 e. The zero-order valence-corrected chi connectivity index (χ0v) is 9.97. The van der Waals surface area contributed by atoms with Crippen LogP contribution in [0.4, 0.5) is 0 Å². The third-order valence-corrected chi connectivity index (χ3v) is 2.08. The van der Waals surface area contributed by atoms with Gasteiger partial charge in [0.15, 0.2) is 5.75 Å². The third-order valence-electron chi connectivity index (χ3n) is 1.91. The van der Waals surface area contributed by atoms with Gasteiger partial charge in [0, 0.05) is 6.20 Å². The van der Waals surface area contributed by atoms with Gasteiger partial charge >= 0.3 is 12.0 Å². The molecule has 0 spiro atoms. The van der Waals surface area contributed by atoms with Gasteiger partial charge in [-0.3, -0.25) is 4.98 Å². The summed E-state index contributed by atoms with van der Waals surface area (Å²) in [5, 5.41) is 0.00777. The minimum absolute atomic E-state index is 0.00777. The van der Waals surface area contributed by atoms with Gasteiger partial charge in [0.1, 0.15) is 0 Å². The van der Waals surface area contributed by atoms with E-state index in [-0.39, 0.29) is 17.3 Å². The van der Waals surface area contributed by atoms with Gasteiger partial charge < -0.3 is 9.47 Å². The second kappa shape index (κ2) is 4.92. The molecule has 2 rings (SSSR count). The van der Waals surface area contributed by atoms with Crippen molar-refractivity contribution >= 4 is 11.6 Å². The van der Waals surface area contributed by atoms with Crippen LogP contribution in [0.15, 0.2) is 18.3 Å². The van der Waals surface area contributed by atoms with Crippen molar-refractivity contribution in [1.29, 1.82) is 0 Å². The van der Waals surface area contributed by atoms with Gasteiger partial charge in [-0.1, -0.05) is 0 Å². The van der Waals surface area contributed by atoms with Crippen molar-refractivity contribution in [2.24, 2.45) is 0 Å². The van der Waals surface area contributed by atoms with Gasteiger partial charge in [0.2, 0.25) is 5.28 Å². The summed E-state index contributed by atoms with van der Waals surface area (Å²) in [5.74, 6) is 0.553. The molecular weight excluding hydrogens is 244 g/mol. The first-order valence-corrected chi connectivity index (χ1v) is 5.12. The third kappa shape index (κ3) is 2.79. The van der Waals surface area contributed by atoms with Crippen molar-refractivity contribution in [2.45, 2.75) is 6.92 Å². The van der Waals surface area contributed by atoms with Crippen LogP contribution in [0.25, 0.3) is 0 Å². The molecule has 0 aliphatic rings. The van der Waals surface area contributed by atoms with Crippen molar-refractivity contribution in [3.63, 3.8) is 0 Å². The van der Waals surface area contributed by atoms with Crippen molar-refractivity contribution < 1.29 is 9.47 Å². The molecule has 0 fully saturated rings. The zero-order valence-electron chi connectivity index (χ0n) is 9.22. The van der Waals surface area contributed by atoms with Crippen LogP contribution in [0.2, 0.25) is 5.28 Å². The molecule has 0 unspecified atom stereocenters. The summed E-state index contributed by atoms with van der Waals surface area (Å²) in [4.78, 5) is 15.6. The van der Waals surface area contributed by atoms with E-state index in [4.69, 9.17) is 21.1 Å². The Morgan fingerprint density at radius 2 is 1.94 bits per heavy atom. The molecule has 0 aliphatic heterocycles. The lowest BCUT2D eigenvalue weighted by molar-refractivity contribution is 0.358. The van der Waals surface area contributed by atoms with Crippen molar-refractivity contribution in [2.75, 3.05) is 7.11 Å². The molecule has 2 aromatic rings. The number of aryl methyl sites for hydroxylation is 1. The monoisotopic (exact) mass is 252 g/mol. The molecule has 0 saturated carbocycles. The minimum atomic E-state index is 0.00777. The normalized spacial score (nSPS) is 10.1. The predicted octanol–water partition coefficient (Wildman–Crippen LogP) is 2.03. The molecule has 6 nitrogen and oxygen atoms in total. The number of halogens is 1. The number of ether oxygens (including phenoxy) is 2.